The zero-order valence-corrected chi connectivity index (χ0v) is 20.5. The highest BCUT2D eigenvalue weighted by molar-refractivity contribution is 6.01. The summed E-state index contributed by atoms with van der Waals surface area (Å²) in [4.78, 5) is 50.3. The Morgan fingerprint density at radius 2 is 1.60 bits per heavy atom. The van der Waals surface area contributed by atoms with E-state index in [1.807, 2.05) is 31.2 Å². The van der Waals surface area contributed by atoms with E-state index < -0.39 is 12.0 Å². The Balaban J connectivity index is 1.90. The van der Waals surface area contributed by atoms with Gasteiger partial charge in [-0.15, -0.1) is 0 Å². The first-order valence-electron chi connectivity index (χ1n) is 11.1. The summed E-state index contributed by atoms with van der Waals surface area (Å²) in [6.45, 7) is 1.85. The molecule has 2 rings (SSSR count). The van der Waals surface area contributed by atoms with Gasteiger partial charge in [-0.3, -0.25) is 14.4 Å². The number of amides is 4. The normalized spacial score (nSPS) is 10.3. The summed E-state index contributed by atoms with van der Waals surface area (Å²) >= 11 is 0. The van der Waals surface area contributed by atoms with Crippen LogP contribution in [0.15, 0.2) is 42.5 Å². The predicted molar refractivity (Wildman–Crippen MR) is 133 cm³/mol. The second kappa shape index (κ2) is 13.0. The fraction of sp³-hybridized carbons (Fsp3) is 0.360. The van der Waals surface area contributed by atoms with Crippen molar-refractivity contribution in [2.75, 3.05) is 44.9 Å². The Morgan fingerprint density at radius 1 is 0.914 bits per heavy atom. The smallest absolute Gasteiger partial charge is 0.323 e. The van der Waals surface area contributed by atoms with Gasteiger partial charge in [0.15, 0.2) is 0 Å². The van der Waals surface area contributed by atoms with Crippen LogP contribution in [0.3, 0.4) is 0 Å². The lowest BCUT2D eigenvalue weighted by molar-refractivity contribution is -0.140. The number of carbonyl (C=O) groups is 4. The number of aliphatic carboxylic acids is 1. The molecule has 0 aliphatic heterocycles. The summed E-state index contributed by atoms with van der Waals surface area (Å²) in [7, 11) is 4.54. The molecule has 0 atom stereocenters. The minimum Gasteiger partial charge on any atom is -0.495 e. The fourth-order valence-corrected chi connectivity index (χ4v) is 3.23. The Morgan fingerprint density at radius 3 is 2.26 bits per heavy atom. The lowest BCUT2D eigenvalue weighted by Gasteiger charge is -2.21. The zero-order valence-electron chi connectivity index (χ0n) is 20.5. The molecule has 4 amide bonds. The van der Waals surface area contributed by atoms with E-state index in [0.717, 1.165) is 11.1 Å². The van der Waals surface area contributed by atoms with E-state index in [1.54, 1.807) is 18.2 Å². The average molecular weight is 485 g/mol. The predicted octanol–water partition coefficient (Wildman–Crippen LogP) is 2.97. The number of urea groups is 1. The summed E-state index contributed by atoms with van der Waals surface area (Å²) in [5.74, 6) is -1.08. The van der Waals surface area contributed by atoms with Crippen molar-refractivity contribution in [3.05, 3.63) is 53.6 Å². The minimum absolute atomic E-state index is 0.0827. The minimum atomic E-state index is -0.988. The number of likely N-dealkylation sites (N-methyl/N-ethyl adjacent to an activating group) is 2. The molecule has 0 aliphatic carbocycles. The van der Waals surface area contributed by atoms with E-state index in [0.29, 0.717) is 23.5 Å². The number of aryl methyl sites for hydroxylation is 2. The summed E-state index contributed by atoms with van der Waals surface area (Å²) < 4.78 is 5.40. The number of methoxy groups -OCH3 is 1. The number of hydrogen-bond acceptors (Lipinski definition) is 5. The number of ether oxygens (including phenoxy) is 1. The standard InChI is InChI=1S/C25H32N4O6/c1-17-7-5-6-8-19(17)26-25(34)27-20-11-9-18(15-21(20)35-4)10-12-22(30)29(3)16-23(31)28(2)14-13-24(32)33/h5-9,11,15H,10,12-14,16H2,1-4H3,(H,32,33)(H2,26,27,34). The maximum absolute atomic E-state index is 12.5. The van der Waals surface area contributed by atoms with E-state index in [1.165, 1.54) is 31.0 Å². The molecule has 0 heterocycles. The van der Waals surface area contributed by atoms with Crippen LogP contribution in [0.1, 0.15) is 24.0 Å². The van der Waals surface area contributed by atoms with Gasteiger partial charge >= 0.3 is 12.0 Å². The van der Waals surface area contributed by atoms with E-state index in [4.69, 9.17) is 9.84 Å². The number of carboxylic acids is 1. The summed E-state index contributed by atoms with van der Waals surface area (Å²) in [6.07, 6.45) is 0.435. The Kier molecular flexibility index (Phi) is 10.1. The molecule has 0 radical (unpaired) electrons. The van der Waals surface area contributed by atoms with Crippen LogP contribution in [-0.4, -0.2) is 73.0 Å². The SMILES string of the molecule is COc1cc(CCC(=O)N(C)CC(=O)N(C)CCC(=O)O)ccc1NC(=O)Nc1ccccc1C. The molecule has 10 nitrogen and oxygen atoms in total. The molecule has 3 N–H and O–H groups in total. The number of nitrogens with zero attached hydrogens (tertiary/aromatic N) is 2. The van der Waals surface area contributed by atoms with Crippen molar-refractivity contribution in [1.29, 1.82) is 0 Å². The van der Waals surface area contributed by atoms with Crippen LogP contribution >= 0.6 is 0 Å². The van der Waals surface area contributed by atoms with Gasteiger partial charge in [-0.1, -0.05) is 24.3 Å². The number of nitrogens with one attached hydrogen (secondary N) is 2. The van der Waals surface area contributed by atoms with Crippen LogP contribution in [-0.2, 0) is 20.8 Å². The summed E-state index contributed by atoms with van der Waals surface area (Å²) in [5, 5.41) is 14.3. The van der Waals surface area contributed by atoms with E-state index in [-0.39, 0.29) is 37.7 Å². The zero-order chi connectivity index (χ0) is 26.0. The number of benzene rings is 2. The van der Waals surface area contributed by atoms with Crippen molar-refractivity contribution in [3.63, 3.8) is 0 Å². The Bertz CT molecular complexity index is 1070. The molecule has 0 saturated carbocycles. The summed E-state index contributed by atoms with van der Waals surface area (Å²) in [5.41, 5.74) is 2.96. The van der Waals surface area contributed by atoms with Crippen molar-refractivity contribution in [2.45, 2.75) is 26.2 Å². The van der Waals surface area contributed by atoms with Crippen molar-refractivity contribution in [3.8, 4) is 5.75 Å². The highest BCUT2D eigenvalue weighted by Gasteiger charge is 2.17. The van der Waals surface area contributed by atoms with Gasteiger partial charge < -0.3 is 30.3 Å². The van der Waals surface area contributed by atoms with Crippen LogP contribution in [0.4, 0.5) is 16.2 Å². The Labute approximate surface area is 204 Å². The van der Waals surface area contributed by atoms with Gasteiger partial charge in [-0.05, 0) is 42.7 Å². The first-order valence-corrected chi connectivity index (χ1v) is 11.1. The van der Waals surface area contributed by atoms with Gasteiger partial charge in [0.25, 0.3) is 0 Å². The molecule has 35 heavy (non-hydrogen) atoms. The van der Waals surface area contributed by atoms with Crippen molar-refractivity contribution in [2.24, 2.45) is 0 Å². The molecule has 0 aliphatic rings. The maximum Gasteiger partial charge on any atom is 0.323 e. The highest BCUT2D eigenvalue weighted by Crippen LogP contribution is 2.26. The number of hydrogen-bond donors (Lipinski definition) is 3. The molecular weight excluding hydrogens is 452 g/mol. The molecular formula is C25H32N4O6. The number of carbonyl (C=O) groups excluding carboxylic acids is 3. The molecule has 0 fully saturated rings. The lowest BCUT2D eigenvalue weighted by atomic mass is 10.1. The number of anilines is 2. The maximum atomic E-state index is 12.5. The third kappa shape index (κ3) is 8.65. The third-order valence-electron chi connectivity index (χ3n) is 5.42. The van der Waals surface area contributed by atoms with Crippen LogP contribution in [0.5, 0.6) is 5.75 Å². The van der Waals surface area contributed by atoms with Crippen molar-refractivity contribution < 1.29 is 29.0 Å². The van der Waals surface area contributed by atoms with Crippen LogP contribution in [0, 0.1) is 6.92 Å². The second-order valence-electron chi connectivity index (χ2n) is 8.14. The molecule has 0 unspecified atom stereocenters. The van der Waals surface area contributed by atoms with E-state index in [9.17, 15) is 19.2 Å². The first-order chi connectivity index (χ1) is 16.6. The van der Waals surface area contributed by atoms with Gasteiger partial charge in [-0.2, -0.15) is 0 Å². The molecule has 2 aromatic rings. The molecule has 2 aromatic carbocycles. The van der Waals surface area contributed by atoms with Gasteiger partial charge in [0.05, 0.1) is 25.8 Å². The topological polar surface area (TPSA) is 128 Å². The second-order valence-corrected chi connectivity index (χ2v) is 8.14. The Hall–Kier alpha value is -4.08. The third-order valence-corrected chi connectivity index (χ3v) is 5.42. The molecule has 10 heteroatoms. The summed E-state index contributed by atoms with van der Waals surface area (Å²) in [6, 6.07) is 12.3. The van der Waals surface area contributed by atoms with Gasteiger partial charge in [-0.25, -0.2) is 4.79 Å². The molecule has 0 aromatic heterocycles. The van der Waals surface area contributed by atoms with E-state index in [2.05, 4.69) is 10.6 Å². The molecule has 0 saturated heterocycles. The number of carboxylic acid groups (broad SMARTS) is 1. The quantitative estimate of drug-likeness (QED) is 0.450. The van der Waals surface area contributed by atoms with Gasteiger partial charge in [0.1, 0.15) is 5.75 Å². The molecule has 0 spiro atoms. The largest absolute Gasteiger partial charge is 0.495 e. The number of para-hydroxylation sites is 1. The average Bonchev–Trinajstić information content (AvgIpc) is 2.82. The van der Waals surface area contributed by atoms with Crippen molar-refractivity contribution >= 4 is 35.2 Å². The van der Waals surface area contributed by atoms with Crippen LogP contribution < -0.4 is 15.4 Å². The monoisotopic (exact) mass is 484 g/mol. The van der Waals surface area contributed by atoms with Crippen LogP contribution in [0.25, 0.3) is 0 Å². The first kappa shape index (κ1) is 27.2. The lowest BCUT2D eigenvalue weighted by Crippen LogP contribution is -2.40. The van der Waals surface area contributed by atoms with E-state index >= 15 is 0 Å². The molecule has 0 bridgehead atoms. The molecule has 188 valence electrons. The van der Waals surface area contributed by atoms with Crippen molar-refractivity contribution in [1.82, 2.24) is 9.80 Å². The number of rotatable bonds is 11. The van der Waals surface area contributed by atoms with Crippen LogP contribution in [0.2, 0.25) is 0 Å². The highest BCUT2D eigenvalue weighted by atomic mass is 16.5. The van der Waals surface area contributed by atoms with Gasteiger partial charge in [0.2, 0.25) is 11.8 Å². The fourth-order valence-electron chi connectivity index (χ4n) is 3.23. The van der Waals surface area contributed by atoms with Gasteiger partial charge in [0, 0.05) is 32.7 Å².